The number of rotatable bonds is 3. The summed E-state index contributed by atoms with van der Waals surface area (Å²) >= 11 is 6.16. The SMILES string of the molecule is CC(C)Cc1nn(-c2cnccn2)c(Cl)c1C#N. The standard InChI is InChI=1S/C12H12ClN5/c1-8(2)5-10-9(6-14)12(13)18(17-10)11-7-15-3-4-16-11/h3-4,7-8H,5H2,1-2H3. The summed E-state index contributed by atoms with van der Waals surface area (Å²) < 4.78 is 1.45. The molecule has 0 saturated heterocycles. The second kappa shape index (κ2) is 5.15. The normalized spacial score (nSPS) is 10.6. The van der Waals surface area contributed by atoms with E-state index in [1.165, 1.54) is 4.68 Å². The van der Waals surface area contributed by atoms with Crippen molar-refractivity contribution < 1.29 is 0 Å². The molecule has 0 aromatic carbocycles. The summed E-state index contributed by atoms with van der Waals surface area (Å²) in [7, 11) is 0. The molecule has 6 heteroatoms. The third-order valence-electron chi connectivity index (χ3n) is 2.38. The fourth-order valence-electron chi connectivity index (χ4n) is 1.63. The Morgan fingerprint density at radius 1 is 1.44 bits per heavy atom. The molecule has 0 radical (unpaired) electrons. The average Bonchev–Trinajstić information content (AvgIpc) is 2.66. The van der Waals surface area contributed by atoms with Crippen LogP contribution in [0.2, 0.25) is 5.15 Å². The summed E-state index contributed by atoms with van der Waals surface area (Å²) in [6.07, 6.45) is 5.39. The number of aromatic nitrogens is 4. The zero-order valence-corrected chi connectivity index (χ0v) is 10.9. The number of hydrogen-bond acceptors (Lipinski definition) is 4. The molecular weight excluding hydrogens is 250 g/mol. The molecule has 0 aliphatic heterocycles. The van der Waals surface area contributed by atoms with Gasteiger partial charge in [0.05, 0.1) is 11.9 Å². The van der Waals surface area contributed by atoms with E-state index in [0.717, 1.165) is 0 Å². The Kier molecular flexibility index (Phi) is 3.58. The van der Waals surface area contributed by atoms with Crippen molar-refractivity contribution >= 4 is 11.6 Å². The fraction of sp³-hybridized carbons (Fsp3) is 0.333. The molecule has 18 heavy (non-hydrogen) atoms. The molecule has 2 aromatic rings. The zero-order valence-electron chi connectivity index (χ0n) is 10.1. The highest BCUT2D eigenvalue weighted by Gasteiger charge is 2.18. The van der Waals surface area contributed by atoms with E-state index < -0.39 is 0 Å². The van der Waals surface area contributed by atoms with Gasteiger partial charge in [-0.25, -0.2) is 9.67 Å². The molecule has 92 valence electrons. The van der Waals surface area contributed by atoms with Gasteiger partial charge in [-0.1, -0.05) is 25.4 Å². The smallest absolute Gasteiger partial charge is 0.173 e. The van der Waals surface area contributed by atoms with Gasteiger partial charge in [-0.3, -0.25) is 4.98 Å². The second-order valence-electron chi connectivity index (χ2n) is 4.30. The molecule has 0 saturated carbocycles. The summed E-state index contributed by atoms with van der Waals surface area (Å²) in [4.78, 5) is 8.08. The van der Waals surface area contributed by atoms with E-state index in [2.05, 4.69) is 35.0 Å². The highest BCUT2D eigenvalue weighted by atomic mass is 35.5. The summed E-state index contributed by atoms with van der Waals surface area (Å²) in [5.74, 6) is 0.910. The van der Waals surface area contributed by atoms with Gasteiger partial charge < -0.3 is 0 Å². The van der Waals surface area contributed by atoms with Gasteiger partial charge in [0, 0.05) is 12.4 Å². The first-order chi connectivity index (χ1) is 8.63. The Labute approximate surface area is 110 Å². The number of nitriles is 1. The second-order valence-corrected chi connectivity index (χ2v) is 4.66. The molecule has 2 rings (SSSR count). The Morgan fingerprint density at radius 2 is 2.22 bits per heavy atom. The molecule has 0 aliphatic rings. The fourth-order valence-corrected chi connectivity index (χ4v) is 1.91. The minimum absolute atomic E-state index is 0.286. The third-order valence-corrected chi connectivity index (χ3v) is 2.73. The first-order valence-electron chi connectivity index (χ1n) is 5.57. The maximum absolute atomic E-state index is 9.15. The van der Waals surface area contributed by atoms with Crippen LogP contribution in [0.3, 0.4) is 0 Å². The molecule has 0 amide bonds. The first-order valence-corrected chi connectivity index (χ1v) is 5.95. The lowest BCUT2D eigenvalue weighted by molar-refractivity contribution is 0.626. The number of halogens is 1. The summed E-state index contributed by atoms with van der Waals surface area (Å²) in [5, 5.41) is 13.8. The van der Waals surface area contributed by atoms with E-state index in [9.17, 15) is 0 Å². The van der Waals surface area contributed by atoms with Gasteiger partial charge in [-0.15, -0.1) is 0 Å². The van der Waals surface area contributed by atoms with Crippen molar-refractivity contribution in [3.05, 3.63) is 35.0 Å². The largest absolute Gasteiger partial charge is 0.259 e. The first kappa shape index (κ1) is 12.5. The quantitative estimate of drug-likeness (QED) is 0.851. The van der Waals surface area contributed by atoms with Gasteiger partial charge in [-0.05, 0) is 12.3 Å². The van der Waals surface area contributed by atoms with E-state index >= 15 is 0 Å². The number of nitrogens with zero attached hydrogens (tertiary/aromatic N) is 5. The van der Waals surface area contributed by atoms with Crippen LogP contribution in [0.25, 0.3) is 5.82 Å². The van der Waals surface area contributed by atoms with Crippen LogP contribution in [0, 0.1) is 17.2 Å². The van der Waals surface area contributed by atoms with Crippen molar-refractivity contribution in [2.45, 2.75) is 20.3 Å². The Balaban J connectivity index is 2.51. The lowest BCUT2D eigenvalue weighted by Crippen LogP contribution is -2.02. The predicted molar refractivity (Wildman–Crippen MR) is 67.4 cm³/mol. The molecule has 5 nitrogen and oxygen atoms in total. The van der Waals surface area contributed by atoms with Crippen LogP contribution in [-0.4, -0.2) is 19.7 Å². The lowest BCUT2D eigenvalue weighted by Gasteiger charge is -2.01. The van der Waals surface area contributed by atoms with Crippen molar-refractivity contribution in [3.63, 3.8) is 0 Å². The van der Waals surface area contributed by atoms with Gasteiger partial charge in [0.15, 0.2) is 11.0 Å². The maximum atomic E-state index is 9.15. The summed E-state index contributed by atoms with van der Waals surface area (Å²) in [6.45, 7) is 4.13. The molecule has 0 atom stereocenters. The number of hydrogen-bond donors (Lipinski definition) is 0. The predicted octanol–water partition coefficient (Wildman–Crippen LogP) is 2.39. The van der Waals surface area contributed by atoms with Crippen LogP contribution in [0.15, 0.2) is 18.6 Å². The van der Waals surface area contributed by atoms with Gasteiger partial charge in [-0.2, -0.15) is 10.4 Å². The van der Waals surface area contributed by atoms with Crippen LogP contribution < -0.4 is 0 Å². The minimum atomic E-state index is 0.286. The van der Waals surface area contributed by atoms with Crippen molar-refractivity contribution in [1.82, 2.24) is 19.7 Å². The molecule has 0 spiro atoms. The van der Waals surface area contributed by atoms with E-state index in [-0.39, 0.29) is 5.15 Å². The van der Waals surface area contributed by atoms with E-state index in [1.807, 2.05) is 0 Å². The van der Waals surface area contributed by atoms with Crippen molar-refractivity contribution in [1.29, 1.82) is 5.26 Å². The van der Waals surface area contributed by atoms with Crippen molar-refractivity contribution in [2.24, 2.45) is 5.92 Å². The lowest BCUT2D eigenvalue weighted by atomic mass is 10.1. The molecule has 2 aromatic heterocycles. The van der Waals surface area contributed by atoms with E-state index in [1.54, 1.807) is 18.6 Å². The topological polar surface area (TPSA) is 67.4 Å². The average molecular weight is 262 g/mol. The van der Waals surface area contributed by atoms with E-state index in [4.69, 9.17) is 16.9 Å². The summed E-state index contributed by atoms with van der Waals surface area (Å²) in [5.41, 5.74) is 1.11. The van der Waals surface area contributed by atoms with Gasteiger partial charge in [0.1, 0.15) is 11.6 Å². The molecule has 2 heterocycles. The van der Waals surface area contributed by atoms with Gasteiger partial charge >= 0.3 is 0 Å². The van der Waals surface area contributed by atoms with Crippen molar-refractivity contribution in [2.75, 3.05) is 0 Å². The Hall–Kier alpha value is -1.93. The highest BCUT2D eigenvalue weighted by Crippen LogP contribution is 2.23. The van der Waals surface area contributed by atoms with Crippen molar-refractivity contribution in [3.8, 4) is 11.9 Å². The van der Waals surface area contributed by atoms with Gasteiger partial charge in [0.25, 0.3) is 0 Å². The van der Waals surface area contributed by atoms with Crippen LogP contribution in [0.5, 0.6) is 0 Å². The molecule has 0 unspecified atom stereocenters. The molecule has 0 aliphatic carbocycles. The Bertz CT molecular complexity index is 583. The van der Waals surface area contributed by atoms with Crippen LogP contribution >= 0.6 is 11.6 Å². The molecule has 0 fully saturated rings. The minimum Gasteiger partial charge on any atom is -0.259 e. The van der Waals surface area contributed by atoms with E-state index in [0.29, 0.717) is 29.4 Å². The monoisotopic (exact) mass is 261 g/mol. The van der Waals surface area contributed by atoms with Gasteiger partial charge in [0.2, 0.25) is 0 Å². The molecule has 0 bridgehead atoms. The molecular formula is C12H12ClN5. The molecule has 0 N–H and O–H groups in total. The van der Waals surface area contributed by atoms with Crippen LogP contribution in [0.4, 0.5) is 0 Å². The summed E-state index contributed by atoms with van der Waals surface area (Å²) in [6, 6.07) is 2.10. The Morgan fingerprint density at radius 3 is 2.78 bits per heavy atom. The zero-order chi connectivity index (χ0) is 13.1. The third kappa shape index (κ3) is 2.34. The van der Waals surface area contributed by atoms with Crippen LogP contribution in [0.1, 0.15) is 25.1 Å². The van der Waals surface area contributed by atoms with Crippen LogP contribution in [-0.2, 0) is 6.42 Å². The highest BCUT2D eigenvalue weighted by molar-refractivity contribution is 6.31. The maximum Gasteiger partial charge on any atom is 0.173 e.